The van der Waals surface area contributed by atoms with E-state index >= 15 is 0 Å². The minimum atomic E-state index is -3.57. The number of ether oxygens (including phenoxy) is 1. The molecule has 2 atom stereocenters. The van der Waals surface area contributed by atoms with Gasteiger partial charge in [0, 0.05) is 13.1 Å². The van der Waals surface area contributed by atoms with E-state index in [2.05, 4.69) is 0 Å². The van der Waals surface area contributed by atoms with E-state index in [1.165, 1.54) is 23.5 Å². The summed E-state index contributed by atoms with van der Waals surface area (Å²) < 4.78 is 31.3. The van der Waals surface area contributed by atoms with Crippen LogP contribution in [0.15, 0.2) is 29.2 Å². The van der Waals surface area contributed by atoms with Crippen LogP contribution in [0.2, 0.25) is 0 Å². The third kappa shape index (κ3) is 2.80. The number of likely N-dealkylation sites (N-methyl/N-ethyl adjacent to an activating group) is 1. The molecule has 0 amide bonds. The predicted octanol–water partition coefficient (Wildman–Crippen LogP) is -0.00940. The first-order valence-corrected chi connectivity index (χ1v) is 7.79. The van der Waals surface area contributed by atoms with E-state index in [0.29, 0.717) is 12.3 Å². The van der Waals surface area contributed by atoms with E-state index in [1.54, 1.807) is 12.1 Å². The van der Waals surface area contributed by atoms with E-state index < -0.39 is 16.1 Å². The highest BCUT2D eigenvalue weighted by Crippen LogP contribution is 2.24. The first-order valence-electron chi connectivity index (χ1n) is 6.35. The maximum Gasteiger partial charge on any atom is 0.243 e. The van der Waals surface area contributed by atoms with Crippen LogP contribution in [0.3, 0.4) is 0 Å². The number of benzene rings is 1. The Balaban J connectivity index is 2.22. The molecule has 0 radical (unpaired) electrons. The Kier molecular flexibility index (Phi) is 4.33. The molecule has 1 fully saturated rings. The molecule has 1 aromatic carbocycles. The molecule has 1 aromatic rings. The number of hydrogen-bond acceptors (Lipinski definition) is 5. The van der Waals surface area contributed by atoms with Crippen molar-refractivity contribution in [3.8, 4) is 5.75 Å². The van der Waals surface area contributed by atoms with Crippen LogP contribution in [0.4, 0.5) is 0 Å². The van der Waals surface area contributed by atoms with Crippen molar-refractivity contribution in [2.24, 2.45) is 0 Å². The van der Waals surface area contributed by atoms with Crippen LogP contribution < -0.4 is 4.74 Å². The SMILES string of the molecule is COc1ccc(S(=O)(=O)N2C[C@@H](O)[C@H](N(C)C)C2)cc1. The standard InChI is InChI=1S/C13H20N2O4S/c1-14(2)12-8-15(9-13(12)16)20(17,18)11-6-4-10(19-3)5-7-11/h4-7,12-13,16H,8-9H2,1-3H3/t12-,13-/m1/s1. The average Bonchev–Trinajstić information content (AvgIpc) is 2.82. The third-order valence-corrected chi connectivity index (χ3v) is 5.43. The van der Waals surface area contributed by atoms with Crippen molar-refractivity contribution < 1.29 is 18.3 Å². The largest absolute Gasteiger partial charge is 0.497 e. The van der Waals surface area contributed by atoms with Crippen molar-refractivity contribution in [3.63, 3.8) is 0 Å². The first-order chi connectivity index (χ1) is 9.36. The fourth-order valence-corrected chi connectivity index (χ4v) is 3.81. The second kappa shape index (κ2) is 5.69. The molecule has 20 heavy (non-hydrogen) atoms. The molecule has 7 heteroatoms. The van der Waals surface area contributed by atoms with Gasteiger partial charge in [-0.05, 0) is 38.4 Å². The molecule has 1 N–H and O–H groups in total. The van der Waals surface area contributed by atoms with Gasteiger partial charge in [-0.15, -0.1) is 0 Å². The lowest BCUT2D eigenvalue weighted by atomic mass is 10.2. The molecule has 1 heterocycles. The summed E-state index contributed by atoms with van der Waals surface area (Å²) in [6.45, 7) is 0.416. The van der Waals surface area contributed by atoms with Crippen LogP contribution in [0, 0.1) is 0 Å². The van der Waals surface area contributed by atoms with Gasteiger partial charge in [0.05, 0.1) is 24.2 Å². The Bertz CT molecular complexity index is 556. The van der Waals surface area contributed by atoms with Gasteiger partial charge in [0.2, 0.25) is 10.0 Å². The summed E-state index contributed by atoms with van der Waals surface area (Å²) >= 11 is 0. The smallest absolute Gasteiger partial charge is 0.243 e. The quantitative estimate of drug-likeness (QED) is 0.847. The van der Waals surface area contributed by atoms with Crippen LogP contribution in [0.5, 0.6) is 5.75 Å². The van der Waals surface area contributed by atoms with Gasteiger partial charge in [0.1, 0.15) is 5.75 Å². The zero-order valence-corrected chi connectivity index (χ0v) is 12.7. The minimum Gasteiger partial charge on any atom is -0.497 e. The molecule has 1 aliphatic rings. The molecule has 0 unspecified atom stereocenters. The number of hydrogen-bond donors (Lipinski definition) is 1. The molecule has 0 bridgehead atoms. The van der Waals surface area contributed by atoms with Crippen LogP contribution in [0.25, 0.3) is 0 Å². The average molecular weight is 300 g/mol. The van der Waals surface area contributed by atoms with Gasteiger partial charge in [0.25, 0.3) is 0 Å². The Hall–Kier alpha value is -1.15. The van der Waals surface area contributed by atoms with Crippen molar-refractivity contribution in [2.45, 2.75) is 17.0 Å². The lowest BCUT2D eigenvalue weighted by Gasteiger charge is -2.21. The molecule has 1 saturated heterocycles. The normalized spacial score (nSPS) is 24.2. The van der Waals surface area contributed by atoms with Crippen LogP contribution in [-0.4, -0.2) is 69.2 Å². The van der Waals surface area contributed by atoms with E-state index in [-0.39, 0.29) is 17.5 Å². The van der Waals surface area contributed by atoms with Crippen LogP contribution in [-0.2, 0) is 10.0 Å². The maximum atomic E-state index is 12.5. The van der Waals surface area contributed by atoms with Crippen molar-refractivity contribution in [1.29, 1.82) is 0 Å². The maximum absolute atomic E-state index is 12.5. The fourth-order valence-electron chi connectivity index (χ4n) is 2.34. The molecular weight excluding hydrogens is 280 g/mol. The molecule has 0 aliphatic carbocycles. The lowest BCUT2D eigenvalue weighted by Crippen LogP contribution is -2.38. The van der Waals surface area contributed by atoms with Crippen molar-refractivity contribution in [1.82, 2.24) is 9.21 Å². The van der Waals surface area contributed by atoms with Gasteiger partial charge < -0.3 is 14.7 Å². The molecular formula is C13H20N2O4S. The highest BCUT2D eigenvalue weighted by Gasteiger charge is 2.39. The Labute approximate surface area is 119 Å². The van der Waals surface area contributed by atoms with E-state index in [0.717, 1.165) is 0 Å². The van der Waals surface area contributed by atoms with Gasteiger partial charge in [0.15, 0.2) is 0 Å². The van der Waals surface area contributed by atoms with E-state index in [9.17, 15) is 13.5 Å². The highest BCUT2D eigenvalue weighted by molar-refractivity contribution is 7.89. The van der Waals surface area contributed by atoms with Gasteiger partial charge in [-0.25, -0.2) is 8.42 Å². The zero-order chi connectivity index (χ0) is 14.9. The van der Waals surface area contributed by atoms with Crippen LogP contribution >= 0.6 is 0 Å². The van der Waals surface area contributed by atoms with Gasteiger partial charge >= 0.3 is 0 Å². The zero-order valence-electron chi connectivity index (χ0n) is 11.9. The summed E-state index contributed by atoms with van der Waals surface area (Å²) in [5, 5.41) is 9.95. The molecule has 0 aromatic heterocycles. The van der Waals surface area contributed by atoms with Crippen LogP contribution in [0.1, 0.15) is 0 Å². The van der Waals surface area contributed by atoms with E-state index in [4.69, 9.17) is 4.74 Å². The second-order valence-electron chi connectivity index (χ2n) is 5.10. The number of nitrogens with zero attached hydrogens (tertiary/aromatic N) is 2. The Morgan fingerprint density at radius 2 is 1.85 bits per heavy atom. The molecule has 0 saturated carbocycles. The van der Waals surface area contributed by atoms with Gasteiger partial charge in [-0.1, -0.05) is 0 Å². The molecule has 2 rings (SSSR count). The fraction of sp³-hybridized carbons (Fsp3) is 0.538. The highest BCUT2D eigenvalue weighted by atomic mass is 32.2. The summed E-state index contributed by atoms with van der Waals surface area (Å²) in [4.78, 5) is 2.05. The number of methoxy groups -OCH3 is 1. The van der Waals surface area contributed by atoms with E-state index in [1.807, 2.05) is 19.0 Å². The predicted molar refractivity (Wildman–Crippen MR) is 75.2 cm³/mol. The summed E-state index contributed by atoms with van der Waals surface area (Å²) in [5.74, 6) is 0.608. The summed E-state index contributed by atoms with van der Waals surface area (Å²) in [7, 11) is 1.62. The number of β-amino-alcohol motifs (C(OH)–C–C–N with tert-alkyl or cyclic N) is 1. The van der Waals surface area contributed by atoms with Gasteiger partial charge in [-0.2, -0.15) is 4.31 Å². The first kappa shape index (κ1) is 15.2. The molecule has 1 aliphatic heterocycles. The Morgan fingerprint density at radius 3 is 2.30 bits per heavy atom. The number of aliphatic hydroxyl groups excluding tert-OH is 1. The summed E-state index contributed by atoms with van der Waals surface area (Å²) in [5.41, 5.74) is 0. The minimum absolute atomic E-state index is 0.122. The van der Waals surface area contributed by atoms with Crippen molar-refractivity contribution in [3.05, 3.63) is 24.3 Å². The molecule has 0 spiro atoms. The number of rotatable bonds is 4. The second-order valence-corrected chi connectivity index (χ2v) is 7.03. The monoisotopic (exact) mass is 300 g/mol. The topological polar surface area (TPSA) is 70.1 Å². The summed E-state index contributed by atoms with van der Waals surface area (Å²) in [6.07, 6.45) is -0.668. The number of sulfonamides is 1. The third-order valence-electron chi connectivity index (χ3n) is 3.59. The molecule has 6 nitrogen and oxygen atoms in total. The van der Waals surface area contributed by atoms with Crippen molar-refractivity contribution >= 4 is 10.0 Å². The molecule has 112 valence electrons. The Morgan fingerprint density at radius 1 is 1.25 bits per heavy atom. The summed E-state index contributed by atoms with van der Waals surface area (Å²) in [6, 6.07) is 6.08. The number of aliphatic hydroxyl groups is 1. The van der Waals surface area contributed by atoms with Gasteiger partial charge in [-0.3, -0.25) is 0 Å². The van der Waals surface area contributed by atoms with Crippen molar-refractivity contribution in [2.75, 3.05) is 34.3 Å². The lowest BCUT2D eigenvalue weighted by molar-refractivity contribution is 0.113.